The highest BCUT2D eigenvalue weighted by molar-refractivity contribution is 6.16. The number of methoxy groups -OCH3 is 1. The Hall–Kier alpha value is -4.01. The third-order valence-electron chi connectivity index (χ3n) is 4.84. The van der Waals surface area contributed by atoms with Crippen LogP contribution in [0.2, 0.25) is 0 Å². The van der Waals surface area contributed by atoms with Crippen LogP contribution in [0, 0.1) is 6.92 Å². The first-order chi connectivity index (χ1) is 15.2. The van der Waals surface area contributed by atoms with Crippen molar-refractivity contribution in [1.29, 1.82) is 0 Å². The van der Waals surface area contributed by atoms with Crippen molar-refractivity contribution in [3.63, 3.8) is 0 Å². The Morgan fingerprint density at radius 3 is 2.44 bits per heavy atom. The maximum Gasteiger partial charge on any atom is 0.416 e. The summed E-state index contributed by atoms with van der Waals surface area (Å²) in [5.41, 5.74) is 0.568. The number of rotatable bonds is 4. The van der Waals surface area contributed by atoms with E-state index in [1.54, 1.807) is 18.3 Å². The summed E-state index contributed by atoms with van der Waals surface area (Å²) in [6.07, 6.45) is -2.88. The van der Waals surface area contributed by atoms with Crippen LogP contribution >= 0.6 is 0 Å². The van der Waals surface area contributed by atoms with E-state index in [1.165, 1.54) is 42.0 Å². The Labute approximate surface area is 180 Å². The average Bonchev–Trinajstić information content (AvgIpc) is 3.16. The molecule has 3 heterocycles. The number of aromatic nitrogens is 3. The predicted octanol–water partition coefficient (Wildman–Crippen LogP) is 4.74. The Morgan fingerprint density at radius 1 is 1.00 bits per heavy atom. The van der Waals surface area contributed by atoms with E-state index < -0.39 is 23.5 Å². The Bertz CT molecular complexity index is 1360. The third kappa shape index (κ3) is 3.84. The molecule has 0 fully saturated rings. The summed E-state index contributed by atoms with van der Waals surface area (Å²) in [6.45, 7) is 1.83. The van der Waals surface area contributed by atoms with Gasteiger partial charge in [0, 0.05) is 11.8 Å². The van der Waals surface area contributed by atoms with E-state index in [0.717, 1.165) is 17.7 Å². The van der Waals surface area contributed by atoms with E-state index in [1.807, 2.05) is 6.92 Å². The second kappa shape index (κ2) is 7.92. The fourth-order valence-corrected chi connectivity index (χ4v) is 3.33. The normalized spacial score (nSPS) is 11.5. The van der Waals surface area contributed by atoms with E-state index in [2.05, 4.69) is 14.8 Å². The molecule has 9 heteroatoms. The van der Waals surface area contributed by atoms with Crippen molar-refractivity contribution in [3.8, 4) is 11.3 Å². The van der Waals surface area contributed by atoms with Crippen molar-refractivity contribution in [2.45, 2.75) is 13.1 Å². The highest BCUT2D eigenvalue weighted by Gasteiger charge is 2.31. The minimum Gasteiger partial charge on any atom is -0.464 e. The van der Waals surface area contributed by atoms with Crippen molar-refractivity contribution in [3.05, 3.63) is 88.9 Å². The van der Waals surface area contributed by atoms with E-state index in [4.69, 9.17) is 0 Å². The number of pyridine rings is 2. The van der Waals surface area contributed by atoms with Gasteiger partial charge >= 0.3 is 12.1 Å². The molecule has 162 valence electrons. The van der Waals surface area contributed by atoms with Gasteiger partial charge in [0.25, 0.3) is 0 Å². The van der Waals surface area contributed by atoms with Gasteiger partial charge in [-0.2, -0.15) is 18.3 Å². The molecule has 32 heavy (non-hydrogen) atoms. The van der Waals surface area contributed by atoms with E-state index in [9.17, 15) is 22.8 Å². The van der Waals surface area contributed by atoms with Crippen LogP contribution in [0.15, 0.2) is 60.8 Å². The number of carbonyl (C=O) groups is 2. The molecule has 0 amide bonds. The summed E-state index contributed by atoms with van der Waals surface area (Å²) in [6, 6.07) is 12.3. The molecule has 0 spiro atoms. The lowest BCUT2D eigenvalue weighted by Gasteiger charge is -2.09. The number of benzene rings is 1. The first-order valence-corrected chi connectivity index (χ1v) is 9.45. The third-order valence-corrected chi connectivity index (χ3v) is 4.84. The molecular weight excluding hydrogens is 423 g/mol. The summed E-state index contributed by atoms with van der Waals surface area (Å²) in [5.74, 6) is -1.30. The van der Waals surface area contributed by atoms with Crippen LogP contribution in [-0.4, -0.2) is 33.5 Å². The quantitative estimate of drug-likeness (QED) is 0.339. The van der Waals surface area contributed by atoms with Crippen LogP contribution in [0.4, 0.5) is 13.2 Å². The predicted molar refractivity (Wildman–Crippen MR) is 109 cm³/mol. The van der Waals surface area contributed by atoms with E-state index in [-0.39, 0.29) is 28.2 Å². The molecule has 0 N–H and O–H groups in total. The minimum atomic E-state index is -4.55. The van der Waals surface area contributed by atoms with Gasteiger partial charge in [0.1, 0.15) is 17.1 Å². The van der Waals surface area contributed by atoms with Crippen LogP contribution in [0.3, 0.4) is 0 Å². The smallest absolute Gasteiger partial charge is 0.416 e. The molecule has 0 aliphatic rings. The number of fused-ring (bicyclic) bond motifs is 1. The van der Waals surface area contributed by atoms with Gasteiger partial charge in [0.05, 0.1) is 23.8 Å². The zero-order chi connectivity index (χ0) is 23.0. The molecule has 0 aliphatic heterocycles. The maximum atomic E-state index is 13.5. The van der Waals surface area contributed by atoms with Gasteiger partial charge in [-0.25, -0.2) is 14.3 Å². The zero-order valence-electron chi connectivity index (χ0n) is 17.0. The Morgan fingerprint density at radius 2 is 1.72 bits per heavy atom. The fraction of sp³-hybridized carbons (Fsp3) is 0.130. The highest BCUT2D eigenvalue weighted by Crippen LogP contribution is 2.34. The monoisotopic (exact) mass is 439 g/mol. The number of carbonyl (C=O) groups excluding carboxylic acids is 2. The molecule has 0 aliphatic carbocycles. The summed E-state index contributed by atoms with van der Waals surface area (Å²) in [5, 5.41) is 4.40. The fourth-order valence-electron chi connectivity index (χ4n) is 3.33. The van der Waals surface area contributed by atoms with Crippen molar-refractivity contribution < 1.29 is 27.5 Å². The molecule has 4 aromatic rings. The molecule has 1 aromatic carbocycles. The van der Waals surface area contributed by atoms with Gasteiger partial charge in [0.15, 0.2) is 0 Å². The first kappa shape index (κ1) is 21.2. The maximum absolute atomic E-state index is 13.5. The van der Waals surface area contributed by atoms with E-state index >= 15 is 0 Å². The number of aryl methyl sites for hydroxylation is 1. The Balaban J connectivity index is 1.93. The van der Waals surface area contributed by atoms with Gasteiger partial charge in [-0.05, 0) is 42.8 Å². The van der Waals surface area contributed by atoms with Crippen LogP contribution in [0.25, 0.3) is 16.8 Å². The largest absolute Gasteiger partial charge is 0.464 e. The number of esters is 1. The average molecular weight is 439 g/mol. The minimum absolute atomic E-state index is 0.0587. The molecule has 3 aromatic heterocycles. The second-order valence-electron chi connectivity index (χ2n) is 7.07. The number of nitrogens with zero attached hydrogens (tertiary/aromatic N) is 3. The van der Waals surface area contributed by atoms with Gasteiger partial charge < -0.3 is 4.74 Å². The standard InChI is InChI=1S/C23H16F3N3O3/c1-13-9-10-18-19(21(30)16-7-4-8-17(27-16)22(31)32-2)20(28-29(18)12-13)14-5-3-6-15(11-14)23(24,25)26/h3-12H,1-2H3. The van der Waals surface area contributed by atoms with Crippen molar-refractivity contribution >= 4 is 17.3 Å². The summed E-state index contributed by atoms with van der Waals surface area (Å²) < 4.78 is 45.9. The molecule has 0 saturated heterocycles. The molecular formula is C23H16F3N3O3. The zero-order valence-corrected chi connectivity index (χ0v) is 17.0. The number of halogens is 3. The van der Waals surface area contributed by atoms with Crippen LogP contribution in [-0.2, 0) is 10.9 Å². The summed E-state index contributed by atoms with van der Waals surface area (Å²) >= 11 is 0. The van der Waals surface area contributed by atoms with Gasteiger partial charge in [-0.15, -0.1) is 0 Å². The molecule has 0 saturated carbocycles. The number of hydrogen-bond donors (Lipinski definition) is 0. The molecule has 0 bridgehead atoms. The number of ketones is 1. The Kier molecular flexibility index (Phi) is 5.25. The lowest BCUT2D eigenvalue weighted by molar-refractivity contribution is -0.137. The SMILES string of the molecule is COC(=O)c1cccc(C(=O)c2c(-c3cccc(C(F)(F)F)c3)nn3cc(C)ccc23)n1. The van der Waals surface area contributed by atoms with Crippen LogP contribution in [0.5, 0.6) is 0 Å². The summed E-state index contributed by atoms with van der Waals surface area (Å²) in [7, 11) is 1.19. The van der Waals surface area contributed by atoms with Crippen molar-refractivity contribution in [2.24, 2.45) is 0 Å². The first-order valence-electron chi connectivity index (χ1n) is 9.45. The van der Waals surface area contributed by atoms with Gasteiger partial charge in [-0.3, -0.25) is 4.79 Å². The molecule has 4 rings (SSSR count). The molecule has 0 unspecified atom stereocenters. The van der Waals surface area contributed by atoms with Crippen LogP contribution in [0.1, 0.15) is 37.7 Å². The van der Waals surface area contributed by atoms with Crippen molar-refractivity contribution in [2.75, 3.05) is 7.11 Å². The molecule has 0 atom stereocenters. The second-order valence-corrected chi connectivity index (χ2v) is 7.07. The van der Waals surface area contributed by atoms with Crippen molar-refractivity contribution in [1.82, 2.24) is 14.6 Å². The summed E-state index contributed by atoms with van der Waals surface area (Å²) in [4.78, 5) is 29.4. The lowest BCUT2D eigenvalue weighted by atomic mass is 9.99. The van der Waals surface area contributed by atoms with Gasteiger partial charge in [0.2, 0.25) is 5.78 Å². The number of ether oxygens (including phenoxy) is 1. The molecule has 6 nitrogen and oxygen atoms in total. The van der Waals surface area contributed by atoms with Gasteiger partial charge in [-0.1, -0.05) is 24.3 Å². The lowest BCUT2D eigenvalue weighted by Crippen LogP contribution is -2.11. The number of alkyl halides is 3. The number of hydrogen-bond acceptors (Lipinski definition) is 5. The topological polar surface area (TPSA) is 73.6 Å². The van der Waals surface area contributed by atoms with Crippen LogP contribution < -0.4 is 0 Å². The molecule has 0 radical (unpaired) electrons. The highest BCUT2D eigenvalue weighted by atomic mass is 19.4. The van der Waals surface area contributed by atoms with E-state index in [0.29, 0.717) is 5.52 Å².